The number of rotatable bonds is 4. The molecule has 4 N–H and O–H groups in total. The molecule has 1 atom stereocenters. The molecule has 0 saturated heterocycles. The number of carbonyl (C=O) groups is 1. The van der Waals surface area contributed by atoms with E-state index in [1.54, 1.807) is 30.6 Å². The van der Waals surface area contributed by atoms with Gasteiger partial charge in [-0.15, -0.1) is 0 Å². The molecule has 0 bridgehead atoms. The number of carboxylic acid groups (broad SMARTS) is 1. The van der Waals surface area contributed by atoms with E-state index < -0.39 is 12.0 Å². The van der Waals surface area contributed by atoms with Gasteiger partial charge in [-0.25, -0.2) is 4.99 Å². The molecule has 24 heavy (non-hydrogen) atoms. The molecule has 1 aromatic heterocycles. The number of hydrogen-bond acceptors (Lipinski definition) is 5. The Morgan fingerprint density at radius 2 is 2.04 bits per heavy atom. The average molecular weight is 343 g/mol. The summed E-state index contributed by atoms with van der Waals surface area (Å²) in [6.07, 6.45) is 3.15. The van der Waals surface area contributed by atoms with Crippen LogP contribution in [0.25, 0.3) is 5.70 Å². The van der Waals surface area contributed by atoms with Gasteiger partial charge in [0.15, 0.2) is 5.96 Å². The lowest BCUT2D eigenvalue weighted by molar-refractivity contribution is -0.136. The van der Waals surface area contributed by atoms with Crippen molar-refractivity contribution in [1.29, 1.82) is 0 Å². The first-order valence-corrected chi connectivity index (χ1v) is 7.63. The zero-order chi connectivity index (χ0) is 17.1. The second-order valence-corrected chi connectivity index (χ2v) is 5.74. The maximum atomic E-state index is 11.4. The average Bonchev–Trinajstić information content (AvgIpc) is 2.57. The van der Waals surface area contributed by atoms with Crippen LogP contribution in [0.2, 0.25) is 5.02 Å². The summed E-state index contributed by atoms with van der Waals surface area (Å²) in [6.45, 7) is 0. The normalized spacial score (nSPS) is 17.2. The second kappa shape index (κ2) is 6.72. The third-order valence-electron chi connectivity index (χ3n) is 3.65. The van der Waals surface area contributed by atoms with Crippen LogP contribution < -0.4 is 11.1 Å². The lowest BCUT2D eigenvalue weighted by atomic mass is 9.92. The van der Waals surface area contributed by atoms with Gasteiger partial charge in [0.2, 0.25) is 0 Å². The standard InChI is InChI=1S/C17H15ClN4O2/c18-12-5-3-10(4-6-12)15-13(8-14(23)24)16(22-17(19)21-15)11-2-1-7-20-9-11/h1-7,9,16H,8H2,(H,23,24)(H3,19,21,22). The molecule has 7 heteroatoms. The van der Waals surface area contributed by atoms with E-state index in [1.807, 2.05) is 18.2 Å². The molecule has 3 rings (SSSR count). The van der Waals surface area contributed by atoms with E-state index in [-0.39, 0.29) is 12.4 Å². The van der Waals surface area contributed by atoms with Crippen molar-refractivity contribution in [3.8, 4) is 0 Å². The van der Waals surface area contributed by atoms with Crippen LogP contribution in [0.3, 0.4) is 0 Å². The van der Waals surface area contributed by atoms with E-state index in [1.165, 1.54) is 0 Å². The van der Waals surface area contributed by atoms with Crippen molar-refractivity contribution in [3.05, 3.63) is 70.5 Å². The summed E-state index contributed by atoms with van der Waals surface area (Å²) < 4.78 is 0. The summed E-state index contributed by atoms with van der Waals surface area (Å²) in [6, 6.07) is 10.2. The van der Waals surface area contributed by atoms with Gasteiger partial charge in [0.05, 0.1) is 12.1 Å². The van der Waals surface area contributed by atoms with Crippen LogP contribution in [0.5, 0.6) is 0 Å². The number of aromatic nitrogens is 1. The zero-order valence-electron chi connectivity index (χ0n) is 12.6. The van der Waals surface area contributed by atoms with E-state index in [9.17, 15) is 9.90 Å². The highest BCUT2D eigenvalue weighted by molar-refractivity contribution is 6.30. The highest BCUT2D eigenvalue weighted by Gasteiger charge is 2.27. The monoisotopic (exact) mass is 342 g/mol. The van der Waals surface area contributed by atoms with Crippen molar-refractivity contribution < 1.29 is 9.90 Å². The van der Waals surface area contributed by atoms with Crippen molar-refractivity contribution in [2.45, 2.75) is 12.5 Å². The smallest absolute Gasteiger partial charge is 0.307 e. The molecule has 2 aromatic rings. The number of guanidine groups is 1. The number of aliphatic imine (C=N–C) groups is 1. The first-order valence-electron chi connectivity index (χ1n) is 7.25. The molecule has 0 aliphatic carbocycles. The molecule has 122 valence electrons. The largest absolute Gasteiger partial charge is 0.481 e. The molecule has 6 nitrogen and oxygen atoms in total. The molecule has 1 aromatic carbocycles. The first-order chi connectivity index (χ1) is 11.5. The fraction of sp³-hybridized carbons (Fsp3) is 0.118. The van der Waals surface area contributed by atoms with Gasteiger partial charge in [-0.05, 0) is 34.9 Å². The summed E-state index contributed by atoms with van der Waals surface area (Å²) in [4.78, 5) is 19.8. The van der Waals surface area contributed by atoms with Gasteiger partial charge in [-0.3, -0.25) is 9.78 Å². The number of nitrogens with zero attached hydrogens (tertiary/aromatic N) is 2. The summed E-state index contributed by atoms with van der Waals surface area (Å²) in [5.74, 6) is -0.717. The second-order valence-electron chi connectivity index (χ2n) is 5.31. The molecule has 0 radical (unpaired) electrons. The van der Waals surface area contributed by atoms with Crippen molar-refractivity contribution in [1.82, 2.24) is 10.3 Å². The minimum Gasteiger partial charge on any atom is -0.481 e. The summed E-state index contributed by atoms with van der Waals surface area (Å²) >= 11 is 5.94. The zero-order valence-corrected chi connectivity index (χ0v) is 13.4. The molecular formula is C17H15ClN4O2. The molecular weight excluding hydrogens is 328 g/mol. The molecule has 0 spiro atoms. The Hall–Kier alpha value is -2.86. The van der Waals surface area contributed by atoms with Crippen LogP contribution in [-0.2, 0) is 4.79 Å². The minimum absolute atomic E-state index is 0.165. The topological polar surface area (TPSA) is 101 Å². The SMILES string of the molecule is NC1=NC(c2cccnc2)C(CC(=O)O)=C(c2ccc(Cl)cc2)N1. The van der Waals surface area contributed by atoms with Gasteiger partial charge < -0.3 is 16.2 Å². The van der Waals surface area contributed by atoms with Crippen molar-refractivity contribution in [2.75, 3.05) is 0 Å². The molecule has 0 fully saturated rings. The van der Waals surface area contributed by atoms with Gasteiger partial charge in [0, 0.05) is 17.4 Å². The molecule has 0 saturated carbocycles. The number of hydrogen-bond donors (Lipinski definition) is 3. The van der Waals surface area contributed by atoms with Crippen LogP contribution in [-0.4, -0.2) is 22.0 Å². The Kier molecular flexibility index (Phi) is 4.48. The van der Waals surface area contributed by atoms with Crippen LogP contribution in [0.15, 0.2) is 59.4 Å². The van der Waals surface area contributed by atoms with Gasteiger partial charge in [0.25, 0.3) is 0 Å². The van der Waals surface area contributed by atoms with E-state index in [2.05, 4.69) is 15.3 Å². The van der Waals surface area contributed by atoms with E-state index >= 15 is 0 Å². The van der Waals surface area contributed by atoms with Gasteiger partial charge in [-0.1, -0.05) is 29.8 Å². The predicted molar refractivity (Wildman–Crippen MR) is 92.4 cm³/mol. The number of halogens is 1. The van der Waals surface area contributed by atoms with Crippen LogP contribution in [0, 0.1) is 0 Å². The van der Waals surface area contributed by atoms with E-state index in [0.29, 0.717) is 16.3 Å². The molecule has 0 amide bonds. The van der Waals surface area contributed by atoms with Crippen LogP contribution >= 0.6 is 11.6 Å². The third-order valence-corrected chi connectivity index (χ3v) is 3.90. The number of benzene rings is 1. The molecule has 1 aliphatic rings. The lowest BCUT2D eigenvalue weighted by Crippen LogP contribution is -2.36. The first kappa shape index (κ1) is 16.0. The number of nitrogens with one attached hydrogen (secondary N) is 1. The number of nitrogens with two attached hydrogens (primary N) is 1. The number of aliphatic carboxylic acids is 1. The summed E-state index contributed by atoms with van der Waals surface area (Å²) in [5.41, 5.74) is 8.75. The fourth-order valence-corrected chi connectivity index (χ4v) is 2.76. The van der Waals surface area contributed by atoms with Crippen molar-refractivity contribution in [3.63, 3.8) is 0 Å². The molecule has 1 aliphatic heterocycles. The Balaban J connectivity index is 2.14. The molecule has 2 heterocycles. The van der Waals surface area contributed by atoms with E-state index in [0.717, 1.165) is 11.1 Å². The maximum absolute atomic E-state index is 11.4. The summed E-state index contributed by atoms with van der Waals surface area (Å²) in [5, 5.41) is 12.9. The van der Waals surface area contributed by atoms with E-state index in [4.69, 9.17) is 17.3 Å². The Bertz CT molecular complexity index is 816. The van der Waals surface area contributed by atoms with Crippen molar-refractivity contribution >= 4 is 29.2 Å². The summed E-state index contributed by atoms with van der Waals surface area (Å²) in [7, 11) is 0. The molecule has 1 unspecified atom stereocenters. The lowest BCUT2D eigenvalue weighted by Gasteiger charge is -2.26. The minimum atomic E-state index is -0.942. The Morgan fingerprint density at radius 1 is 1.29 bits per heavy atom. The quantitative estimate of drug-likeness (QED) is 0.792. The van der Waals surface area contributed by atoms with Crippen LogP contribution in [0.1, 0.15) is 23.6 Å². The predicted octanol–water partition coefficient (Wildman–Crippen LogP) is 2.58. The van der Waals surface area contributed by atoms with Crippen LogP contribution in [0.4, 0.5) is 0 Å². The number of pyridine rings is 1. The van der Waals surface area contributed by atoms with Gasteiger partial charge >= 0.3 is 5.97 Å². The fourth-order valence-electron chi connectivity index (χ4n) is 2.63. The number of carboxylic acids is 1. The van der Waals surface area contributed by atoms with Gasteiger partial charge in [0.1, 0.15) is 6.04 Å². The third kappa shape index (κ3) is 3.38. The Labute approximate surface area is 143 Å². The van der Waals surface area contributed by atoms with Gasteiger partial charge in [-0.2, -0.15) is 0 Å². The van der Waals surface area contributed by atoms with Crippen molar-refractivity contribution in [2.24, 2.45) is 10.7 Å². The Morgan fingerprint density at radius 3 is 2.67 bits per heavy atom. The maximum Gasteiger partial charge on any atom is 0.307 e. The highest BCUT2D eigenvalue weighted by atomic mass is 35.5. The highest BCUT2D eigenvalue weighted by Crippen LogP contribution is 2.35.